The summed E-state index contributed by atoms with van der Waals surface area (Å²) in [6.45, 7) is 0. The summed E-state index contributed by atoms with van der Waals surface area (Å²) in [5, 5.41) is 0.745. The molecule has 0 saturated carbocycles. The first-order valence-electron chi connectivity index (χ1n) is 5.51. The molecule has 94 valence electrons. The highest BCUT2D eigenvalue weighted by Gasteiger charge is 2.10. The van der Waals surface area contributed by atoms with E-state index in [1.54, 1.807) is 0 Å². The highest BCUT2D eigenvalue weighted by Crippen LogP contribution is 2.26. The van der Waals surface area contributed by atoms with Gasteiger partial charge in [0.25, 0.3) is 0 Å². The van der Waals surface area contributed by atoms with E-state index in [1.165, 1.54) is 0 Å². The van der Waals surface area contributed by atoms with Gasteiger partial charge in [0.15, 0.2) is 0 Å². The van der Waals surface area contributed by atoms with Gasteiger partial charge in [0.1, 0.15) is 0 Å². The van der Waals surface area contributed by atoms with Crippen LogP contribution in [-0.2, 0) is 6.42 Å². The van der Waals surface area contributed by atoms with Crippen molar-refractivity contribution in [1.29, 1.82) is 0 Å². The smallest absolute Gasteiger partial charge is 0.0449 e. The molecule has 0 radical (unpaired) electrons. The standard InChI is InChI=1S/C14H12Br2ClN/c15-11-3-1-2-10(6-11)14(18)7-9-4-5-12(16)8-13(9)17/h1-6,8,14H,7,18H2. The Morgan fingerprint density at radius 1 is 1.06 bits per heavy atom. The molecule has 2 aromatic rings. The minimum absolute atomic E-state index is 0.0545. The minimum atomic E-state index is -0.0545. The van der Waals surface area contributed by atoms with Crippen LogP contribution in [0.2, 0.25) is 5.02 Å². The summed E-state index contributed by atoms with van der Waals surface area (Å²) >= 11 is 13.0. The van der Waals surface area contributed by atoms with Gasteiger partial charge in [0, 0.05) is 20.0 Å². The third kappa shape index (κ3) is 3.58. The summed E-state index contributed by atoms with van der Waals surface area (Å²) in [6.07, 6.45) is 0.725. The highest BCUT2D eigenvalue weighted by molar-refractivity contribution is 9.10. The Bertz CT molecular complexity index is 557. The number of hydrogen-bond donors (Lipinski definition) is 1. The first-order valence-corrected chi connectivity index (χ1v) is 7.47. The van der Waals surface area contributed by atoms with Crippen molar-refractivity contribution in [3.63, 3.8) is 0 Å². The van der Waals surface area contributed by atoms with E-state index in [4.69, 9.17) is 17.3 Å². The Morgan fingerprint density at radius 2 is 1.78 bits per heavy atom. The number of nitrogens with two attached hydrogens (primary N) is 1. The molecule has 0 aromatic heterocycles. The molecular formula is C14H12Br2ClN. The fraction of sp³-hybridized carbons (Fsp3) is 0.143. The molecule has 18 heavy (non-hydrogen) atoms. The Hall–Kier alpha value is -0.350. The zero-order valence-electron chi connectivity index (χ0n) is 9.54. The van der Waals surface area contributed by atoms with Crippen LogP contribution in [0.4, 0.5) is 0 Å². The van der Waals surface area contributed by atoms with E-state index in [-0.39, 0.29) is 6.04 Å². The van der Waals surface area contributed by atoms with E-state index >= 15 is 0 Å². The summed E-state index contributed by atoms with van der Waals surface area (Å²) in [4.78, 5) is 0. The van der Waals surface area contributed by atoms with Crippen molar-refractivity contribution < 1.29 is 0 Å². The molecule has 2 aromatic carbocycles. The first-order chi connectivity index (χ1) is 8.56. The topological polar surface area (TPSA) is 26.0 Å². The van der Waals surface area contributed by atoms with Crippen LogP contribution in [0.15, 0.2) is 51.4 Å². The number of hydrogen-bond acceptors (Lipinski definition) is 1. The van der Waals surface area contributed by atoms with Gasteiger partial charge in [-0.2, -0.15) is 0 Å². The maximum atomic E-state index is 6.21. The Morgan fingerprint density at radius 3 is 2.44 bits per heavy atom. The van der Waals surface area contributed by atoms with Gasteiger partial charge >= 0.3 is 0 Å². The second-order valence-electron chi connectivity index (χ2n) is 4.10. The van der Waals surface area contributed by atoms with E-state index in [1.807, 2.05) is 42.5 Å². The molecule has 0 aliphatic rings. The van der Waals surface area contributed by atoms with Crippen molar-refractivity contribution in [2.24, 2.45) is 5.73 Å². The summed E-state index contributed by atoms with van der Waals surface area (Å²) in [5.41, 5.74) is 8.37. The zero-order valence-corrected chi connectivity index (χ0v) is 13.5. The largest absolute Gasteiger partial charge is 0.324 e. The lowest BCUT2D eigenvalue weighted by molar-refractivity contribution is 0.721. The summed E-state index contributed by atoms with van der Waals surface area (Å²) in [7, 11) is 0. The highest BCUT2D eigenvalue weighted by atomic mass is 79.9. The molecule has 1 unspecified atom stereocenters. The molecule has 1 nitrogen and oxygen atoms in total. The number of rotatable bonds is 3. The second-order valence-corrected chi connectivity index (χ2v) is 6.34. The lowest BCUT2D eigenvalue weighted by Gasteiger charge is -2.13. The average molecular weight is 390 g/mol. The molecule has 0 bridgehead atoms. The van der Waals surface area contributed by atoms with Crippen LogP contribution in [0.5, 0.6) is 0 Å². The number of halogens is 3. The van der Waals surface area contributed by atoms with Crippen molar-refractivity contribution in [1.82, 2.24) is 0 Å². The van der Waals surface area contributed by atoms with Crippen LogP contribution in [0.3, 0.4) is 0 Å². The molecule has 0 saturated heterocycles. The molecule has 0 aliphatic heterocycles. The van der Waals surface area contributed by atoms with E-state index in [9.17, 15) is 0 Å². The Balaban J connectivity index is 2.18. The van der Waals surface area contributed by atoms with Crippen molar-refractivity contribution >= 4 is 43.5 Å². The quantitative estimate of drug-likeness (QED) is 0.776. The van der Waals surface area contributed by atoms with Crippen LogP contribution in [0.25, 0.3) is 0 Å². The van der Waals surface area contributed by atoms with E-state index in [2.05, 4.69) is 31.9 Å². The van der Waals surface area contributed by atoms with Gasteiger partial charge in [0.05, 0.1) is 0 Å². The fourth-order valence-electron chi connectivity index (χ4n) is 1.78. The van der Waals surface area contributed by atoms with Crippen LogP contribution in [0.1, 0.15) is 17.2 Å². The van der Waals surface area contributed by atoms with E-state index in [0.29, 0.717) is 0 Å². The maximum absolute atomic E-state index is 6.21. The fourth-order valence-corrected chi connectivity index (χ4v) is 2.95. The van der Waals surface area contributed by atoms with Gasteiger partial charge in [-0.3, -0.25) is 0 Å². The van der Waals surface area contributed by atoms with Crippen molar-refractivity contribution in [2.75, 3.05) is 0 Å². The van der Waals surface area contributed by atoms with Gasteiger partial charge < -0.3 is 5.73 Å². The Kier molecular flexibility index (Phi) is 4.84. The third-order valence-electron chi connectivity index (χ3n) is 2.73. The lowest BCUT2D eigenvalue weighted by Crippen LogP contribution is -2.13. The van der Waals surface area contributed by atoms with Crippen molar-refractivity contribution in [3.8, 4) is 0 Å². The lowest BCUT2D eigenvalue weighted by atomic mass is 10.00. The molecular weight excluding hydrogens is 377 g/mol. The SMILES string of the molecule is NC(Cc1ccc(Br)cc1Cl)c1cccc(Br)c1. The van der Waals surface area contributed by atoms with Crippen LogP contribution in [-0.4, -0.2) is 0 Å². The molecule has 1 atom stereocenters. The molecule has 0 heterocycles. The molecule has 0 aliphatic carbocycles. The summed E-state index contributed by atoms with van der Waals surface area (Å²) in [6, 6.07) is 13.9. The van der Waals surface area contributed by atoms with Crippen LogP contribution < -0.4 is 5.73 Å². The van der Waals surface area contributed by atoms with Crippen molar-refractivity contribution in [2.45, 2.75) is 12.5 Å². The molecule has 0 spiro atoms. The second kappa shape index (κ2) is 6.20. The predicted octanol–water partition coefficient (Wildman–Crippen LogP) is 5.11. The van der Waals surface area contributed by atoms with Crippen LogP contribution in [0, 0.1) is 0 Å². The van der Waals surface area contributed by atoms with E-state index < -0.39 is 0 Å². The van der Waals surface area contributed by atoms with E-state index in [0.717, 1.165) is 31.5 Å². The summed E-state index contributed by atoms with van der Waals surface area (Å²) in [5.74, 6) is 0. The van der Waals surface area contributed by atoms with Gasteiger partial charge in [-0.15, -0.1) is 0 Å². The molecule has 0 amide bonds. The van der Waals surface area contributed by atoms with Gasteiger partial charge in [0.2, 0.25) is 0 Å². The Labute approximate surface area is 129 Å². The number of benzene rings is 2. The monoisotopic (exact) mass is 387 g/mol. The summed E-state index contributed by atoms with van der Waals surface area (Å²) < 4.78 is 2.02. The predicted molar refractivity (Wildman–Crippen MR) is 83.9 cm³/mol. The van der Waals surface area contributed by atoms with Gasteiger partial charge in [-0.1, -0.05) is 61.7 Å². The average Bonchev–Trinajstić information content (AvgIpc) is 2.32. The first kappa shape index (κ1) is 14.1. The van der Waals surface area contributed by atoms with Crippen molar-refractivity contribution in [3.05, 3.63) is 67.6 Å². The molecule has 2 rings (SSSR count). The third-order valence-corrected chi connectivity index (χ3v) is 4.07. The normalized spacial score (nSPS) is 12.4. The minimum Gasteiger partial charge on any atom is -0.324 e. The molecule has 0 fully saturated rings. The molecule has 2 N–H and O–H groups in total. The molecule has 4 heteroatoms. The zero-order chi connectivity index (χ0) is 13.1. The maximum Gasteiger partial charge on any atom is 0.0449 e. The van der Waals surface area contributed by atoms with Gasteiger partial charge in [-0.05, 0) is 41.8 Å². The van der Waals surface area contributed by atoms with Gasteiger partial charge in [-0.25, -0.2) is 0 Å². The van der Waals surface area contributed by atoms with Crippen LogP contribution >= 0.6 is 43.5 Å².